The van der Waals surface area contributed by atoms with Gasteiger partial charge in [-0.3, -0.25) is 0 Å². The van der Waals surface area contributed by atoms with Crippen molar-refractivity contribution in [2.45, 2.75) is 40.5 Å². The van der Waals surface area contributed by atoms with Crippen molar-refractivity contribution in [3.63, 3.8) is 0 Å². The zero-order valence-electron chi connectivity index (χ0n) is 17.4. The normalized spacial score (nSPS) is 11.9. The first kappa shape index (κ1) is 20.0. The molecule has 0 radical (unpaired) electrons. The van der Waals surface area contributed by atoms with Crippen LogP contribution in [-0.2, 0) is 0 Å². The van der Waals surface area contributed by atoms with Crippen LogP contribution in [-0.4, -0.2) is 13.2 Å². The largest absolute Gasteiger partial charge is 0.488 e. The Morgan fingerprint density at radius 2 is 1.07 bits per heavy atom. The molecule has 0 fully saturated rings. The standard InChI is InChI=1S/C26H30O2/c1-5-7-9-17-27-25-21-15-11-14-20(4)24(21)26(28-18-10-8-6-2)22-16-12-13-19(3)23(22)25/h7-16H,5-6,17-18H2,1-4H3/b9-7+,10-8+. The van der Waals surface area contributed by atoms with Crippen molar-refractivity contribution in [1.29, 1.82) is 0 Å². The smallest absolute Gasteiger partial charge is 0.135 e. The minimum atomic E-state index is 0.569. The average Bonchev–Trinajstić information content (AvgIpc) is 2.69. The molecule has 3 rings (SSSR count). The summed E-state index contributed by atoms with van der Waals surface area (Å²) >= 11 is 0. The van der Waals surface area contributed by atoms with Gasteiger partial charge in [0.2, 0.25) is 0 Å². The Labute approximate surface area is 168 Å². The van der Waals surface area contributed by atoms with Crippen LogP contribution in [0, 0.1) is 13.8 Å². The summed E-state index contributed by atoms with van der Waals surface area (Å²) in [5.41, 5.74) is 2.40. The van der Waals surface area contributed by atoms with Crippen molar-refractivity contribution < 1.29 is 9.47 Å². The first-order chi connectivity index (χ1) is 13.7. The summed E-state index contributed by atoms with van der Waals surface area (Å²) in [6, 6.07) is 12.7. The number of aryl methyl sites for hydroxylation is 2. The molecule has 2 heteroatoms. The van der Waals surface area contributed by atoms with Crippen LogP contribution >= 0.6 is 0 Å². The van der Waals surface area contributed by atoms with E-state index < -0.39 is 0 Å². The number of hydrogen-bond donors (Lipinski definition) is 0. The van der Waals surface area contributed by atoms with E-state index in [0.717, 1.165) is 45.9 Å². The first-order valence-corrected chi connectivity index (χ1v) is 10.2. The van der Waals surface area contributed by atoms with Crippen molar-refractivity contribution in [2.24, 2.45) is 0 Å². The SMILES string of the molecule is CC/C=C/COc1c2cccc(C)c2c(OC/C=C/CC)c2cccc(C)c12. The van der Waals surface area contributed by atoms with E-state index in [9.17, 15) is 0 Å². The van der Waals surface area contributed by atoms with E-state index in [0.29, 0.717) is 13.2 Å². The van der Waals surface area contributed by atoms with E-state index in [1.165, 1.54) is 11.1 Å². The summed E-state index contributed by atoms with van der Waals surface area (Å²) in [6.45, 7) is 9.68. The summed E-state index contributed by atoms with van der Waals surface area (Å²) in [5.74, 6) is 1.90. The van der Waals surface area contributed by atoms with Gasteiger partial charge in [0.25, 0.3) is 0 Å². The summed E-state index contributed by atoms with van der Waals surface area (Å²) in [7, 11) is 0. The maximum Gasteiger partial charge on any atom is 0.135 e. The fraction of sp³-hybridized carbons (Fsp3) is 0.308. The van der Waals surface area contributed by atoms with Gasteiger partial charge in [0.05, 0.1) is 0 Å². The number of ether oxygens (including phenoxy) is 2. The predicted octanol–water partition coefficient (Wildman–Crippen LogP) is 7.30. The molecule has 0 saturated heterocycles. The quantitative estimate of drug-likeness (QED) is 0.304. The van der Waals surface area contributed by atoms with Crippen molar-refractivity contribution in [3.8, 4) is 11.5 Å². The Balaban J connectivity index is 2.25. The molecule has 0 bridgehead atoms. The molecule has 0 spiro atoms. The Morgan fingerprint density at radius 1 is 0.643 bits per heavy atom. The molecule has 3 aromatic rings. The number of hydrogen-bond acceptors (Lipinski definition) is 2. The lowest BCUT2D eigenvalue weighted by atomic mass is 9.95. The molecule has 0 aliphatic rings. The zero-order valence-corrected chi connectivity index (χ0v) is 17.4. The molecule has 0 amide bonds. The van der Waals surface area contributed by atoms with Crippen LogP contribution in [0.2, 0.25) is 0 Å². The highest BCUT2D eigenvalue weighted by Crippen LogP contribution is 2.45. The summed E-state index contributed by atoms with van der Waals surface area (Å²) in [6.07, 6.45) is 10.5. The molecule has 0 N–H and O–H groups in total. The molecule has 2 nitrogen and oxygen atoms in total. The second kappa shape index (κ2) is 9.45. The molecule has 3 aromatic carbocycles. The average molecular weight is 375 g/mol. The monoisotopic (exact) mass is 374 g/mol. The molecule has 28 heavy (non-hydrogen) atoms. The molecule has 146 valence electrons. The van der Waals surface area contributed by atoms with Gasteiger partial charge in [-0.15, -0.1) is 0 Å². The van der Waals surface area contributed by atoms with Gasteiger partial charge in [-0.2, -0.15) is 0 Å². The van der Waals surface area contributed by atoms with Crippen LogP contribution < -0.4 is 9.47 Å². The van der Waals surface area contributed by atoms with E-state index in [4.69, 9.17) is 9.47 Å². The van der Waals surface area contributed by atoms with Crippen molar-refractivity contribution in [2.75, 3.05) is 13.2 Å². The second-order valence-electron chi connectivity index (χ2n) is 7.03. The fourth-order valence-electron chi connectivity index (χ4n) is 3.62. The van der Waals surface area contributed by atoms with Crippen LogP contribution in [0.3, 0.4) is 0 Å². The molecular weight excluding hydrogens is 344 g/mol. The van der Waals surface area contributed by atoms with Gasteiger partial charge in [-0.1, -0.05) is 74.5 Å². The van der Waals surface area contributed by atoms with Crippen LogP contribution in [0.1, 0.15) is 37.8 Å². The second-order valence-corrected chi connectivity index (χ2v) is 7.03. The highest BCUT2D eigenvalue weighted by atomic mass is 16.5. The topological polar surface area (TPSA) is 18.5 Å². The third-order valence-electron chi connectivity index (χ3n) is 4.94. The van der Waals surface area contributed by atoms with Crippen LogP contribution in [0.25, 0.3) is 21.5 Å². The minimum Gasteiger partial charge on any atom is -0.488 e. The Hall–Kier alpha value is -2.74. The third-order valence-corrected chi connectivity index (χ3v) is 4.94. The minimum absolute atomic E-state index is 0.569. The highest BCUT2D eigenvalue weighted by Gasteiger charge is 2.18. The lowest BCUT2D eigenvalue weighted by Gasteiger charge is -2.19. The number of fused-ring (bicyclic) bond motifs is 2. The zero-order chi connectivity index (χ0) is 19.9. The highest BCUT2D eigenvalue weighted by molar-refractivity contribution is 6.13. The van der Waals surface area contributed by atoms with E-state index in [-0.39, 0.29) is 0 Å². The summed E-state index contributed by atoms with van der Waals surface area (Å²) < 4.78 is 12.6. The van der Waals surface area contributed by atoms with Crippen molar-refractivity contribution in [1.82, 2.24) is 0 Å². The van der Waals surface area contributed by atoms with Crippen LogP contribution in [0.4, 0.5) is 0 Å². The van der Waals surface area contributed by atoms with Gasteiger partial charge in [0, 0.05) is 21.5 Å². The third kappa shape index (κ3) is 4.06. The van der Waals surface area contributed by atoms with Crippen molar-refractivity contribution in [3.05, 3.63) is 71.8 Å². The van der Waals surface area contributed by atoms with E-state index in [1.807, 2.05) is 0 Å². The Bertz CT molecular complexity index is 929. The molecule has 0 aliphatic carbocycles. The first-order valence-electron chi connectivity index (χ1n) is 10.2. The van der Waals surface area contributed by atoms with Gasteiger partial charge >= 0.3 is 0 Å². The molecule has 0 saturated carbocycles. The number of allylic oxidation sites excluding steroid dienone is 2. The molecule has 0 heterocycles. The maximum absolute atomic E-state index is 6.31. The van der Waals surface area contributed by atoms with Crippen LogP contribution in [0.5, 0.6) is 11.5 Å². The van der Waals surface area contributed by atoms with Gasteiger partial charge in [0.15, 0.2) is 0 Å². The predicted molar refractivity (Wildman–Crippen MR) is 121 cm³/mol. The Morgan fingerprint density at radius 3 is 1.46 bits per heavy atom. The van der Waals surface area contributed by atoms with Gasteiger partial charge in [-0.25, -0.2) is 0 Å². The summed E-state index contributed by atoms with van der Waals surface area (Å²) in [5, 5.41) is 4.50. The lowest BCUT2D eigenvalue weighted by molar-refractivity contribution is 0.365. The summed E-state index contributed by atoms with van der Waals surface area (Å²) in [4.78, 5) is 0. The number of rotatable bonds is 8. The Kier molecular flexibility index (Phi) is 6.76. The van der Waals surface area contributed by atoms with Crippen LogP contribution in [0.15, 0.2) is 60.7 Å². The van der Waals surface area contributed by atoms with E-state index in [1.54, 1.807) is 0 Å². The van der Waals surface area contributed by atoms with Gasteiger partial charge in [-0.05, 0) is 37.8 Å². The fourth-order valence-corrected chi connectivity index (χ4v) is 3.62. The molecule has 0 atom stereocenters. The molecular formula is C26H30O2. The van der Waals surface area contributed by atoms with E-state index >= 15 is 0 Å². The van der Waals surface area contributed by atoms with Gasteiger partial charge < -0.3 is 9.47 Å². The lowest BCUT2D eigenvalue weighted by Crippen LogP contribution is -2.01. The molecule has 0 aromatic heterocycles. The van der Waals surface area contributed by atoms with E-state index in [2.05, 4.69) is 88.4 Å². The maximum atomic E-state index is 6.31. The molecule has 0 aliphatic heterocycles. The molecule has 0 unspecified atom stereocenters. The van der Waals surface area contributed by atoms with Gasteiger partial charge in [0.1, 0.15) is 24.7 Å². The number of benzene rings is 3. The van der Waals surface area contributed by atoms with Crippen molar-refractivity contribution >= 4 is 21.5 Å².